The van der Waals surface area contributed by atoms with Crippen molar-refractivity contribution < 1.29 is 0 Å². The van der Waals surface area contributed by atoms with Gasteiger partial charge in [-0.25, -0.2) is 4.98 Å². The van der Waals surface area contributed by atoms with Crippen LogP contribution in [0.25, 0.3) is 22.8 Å². The Kier molecular flexibility index (Phi) is 3.87. The summed E-state index contributed by atoms with van der Waals surface area (Å²) in [4.78, 5) is 13.3. The minimum Gasteiger partial charge on any atom is -0.328 e. The summed E-state index contributed by atoms with van der Waals surface area (Å²) < 4.78 is 3.12. The van der Waals surface area contributed by atoms with Crippen molar-refractivity contribution in [2.45, 2.75) is 0 Å². The van der Waals surface area contributed by atoms with Crippen LogP contribution < -0.4 is 3.53 Å². The van der Waals surface area contributed by atoms with E-state index in [0.29, 0.717) is 0 Å². The summed E-state index contributed by atoms with van der Waals surface area (Å²) in [5, 5.41) is 0. The Hall–Kier alpha value is -2.02. The van der Waals surface area contributed by atoms with Crippen LogP contribution in [0.15, 0.2) is 60.9 Å². The van der Waals surface area contributed by atoms with Crippen LogP contribution in [0.3, 0.4) is 0 Å². The lowest BCUT2D eigenvalue weighted by atomic mass is 10.2. The maximum absolute atomic E-state index is 4.65. The number of anilines is 1. The molecule has 0 saturated heterocycles. The van der Waals surface area contributed by atoms with Gasteiger partial charge in [0, 0.05) is 18.1 Å². The second kappa shape index (κ2) is 5.96. The first kappa shape index (κ1) is 13.0. The highest BCUT2D eigenvalue weighted by atomic mass is 127. The van der Waals surface area contributed by atoms with E-state index < -0.39 is 0 Å². The second-order valence-corrected chi connectivity index (χ2v) is 4.69. The van der Waals surface area contributed by atoms with Crippen LogP contribution in [-0.2, 0) is 0 Å². The van der Waals surface area contributed by atoms with Gasteiger partial charge in [0.25, 0.3) is 0 Å². The zero-order valence-corrected chi connectivity index (χ0v) is 12.7. The molecule has 20 heavy (non-hydrogen) atoms. The van der Waals surface area contributed by atoms with Gasteiger partial charge in [0.05, 0.1) is 45.6 Å². The Morgan fingerprint density at radius 1 is 0.750 bits per heavy atom. The smallest absolute Gasteiger partial charge is 0.0915 e. The summed E-state index contributed by atoms with van der Waals surface area (Å²) in [5.74, 6) is 0. The second-order valence-electron chi connectivity index (χ2n) is 4.15. The van der Waals surface area contributed by atoms with Gasteiger partial charge in [-0.15, -0.1) is 0 Å². The van der Waals surface area contributed by atoms with Gasteiger partial charge < -0.3 is 3.53 Å². The van der Waals surface area contributed by atoms with Crippen molar-refractivity contribution in [1.29, 1.82) is 0 Å². The average Bonchev–Trinajstić information content (AvgIpc) is 2.56. The zero-order valence-electron chi connectivity index (χ0n) is 10.5. The molecule has 3 rings (SSSR count). The maximum atomic E-state index is 4.65. The molecule has 0 aromatic carbocycles. The summed E-state index contributed by atoms with van der Waals surface area (Å²) in [6, 6.07) is 15.5. The molecule has 0 fully saturated rings. The van der Waals surface area contributed by atoms with Crippen LogP contribution in [0.4, 0.5) is 5.69 Å². The predicted molar refractivity (Wildman–Crippen MR) is 88.3 cm³/mol. The van der Waals surface area contributed by atoms with Crippen LogP contribution in [0, 0.1) is 0 Å². The number of hydrogen-bond donors (Lipinski definition) is 1. The van der Waals surface area contributed by atoms with E-state index >= 15 is 0 Å². The number of hydrogen-bond acceptors (Lipinski definition) is 4. The molecule has 98 valence electrons. The molecule has 0 amide bonds. The van der Waals surface area contributed by atoms with Gasteiger partial charge in [-0.1, -0.05) is 12.1 Å². The summed E-state index contributed by atoms with van der Waals surface area (Å²) in [7, 11) is 0. The molecular formula is C15H11IN4. The van der Waals surface area contributed by atoms with Crippen molar-refractivity contribution in [1.82, 2.24) is 15.0 Å². The number of nitrogens with zero attached hydrogens (tertiary/aromatic N) is 3. The van der Waals surface area contributed by atoms with E-state index in [2.05, 4.69) is 41.3 Å². The Balaban J connectivity index is 2.13. The Labute approximate surface area is 130 Å². The third-order valence-corrected chi connectivity index (χ3v) is 3.41. The molecule has 0 bridgehead atoms. The zero-order chi connectivity index (χ0) is 13.8. The first-order valence-corrected chi connectivity index (χ1v) is 7.16. The van der Waals surface area contributed by atoms with Crippen LogP contribution in [-0.4, -0.2) is 15.0 Å². The number of rotatable bonds is 3. The molecule has 0 aliphatic rings. The monoisotopic (exact) mass is 374 g/mol. The number of nitrogens with one attached hydrogen (secondary N) is 1. The highest BCUT2D eigenvalue weighted by Gasteiger charge is 2.07. The molecule has 5 heteroatoms. The first-order chi connectivity index (χ1) is 9.86. The topological polar surface area (TPSA) is 50.7 Å². The van der Waals surface area contributed by atoms with Crippen LogP contribution in [0.5, 0.6) is 0 Å². The molecule has 0 aliphatic heterocycles. The van der Waals surface area contributed by atoms with Crippen molar-refractivity contribution in [3.8, 4) is 22.8 Å². The Morgan fingerprint density at radius 3 is 1.70 bits per heavy atom. The van der Waals surface area contributed by atoms with E-state index in [1.807, 2.05) is 48.5 Å². The molecule has 0 spiro atoms. The van der Waals surface area contributed by atoms with Gasteiger partial charge in [0.1, 0.15) is 0 Å². The van der Waals surface area contributed by atoms with Crippen LogP contribution in [0.2, 0.25) is 0 Å². The van der Waals surface area contributed by atoms with E-state index in [9.17, 15) is 0 Å². The Bertz CT molecular complexity index is 644. The molecule has 4 nitrogen and oxygen atoms in total. The predicted octanol–water partition coefficient (Wildman–Crippen LogP) is 3.97. The third kappa shape index (κ3) is 2.77. The van der Waals surface area contributed by atoms with Gasteiger partial charge in [0.15, 0.2) is 0 Å². The normalized spacial score (nSPS) is 10.2. The fourth-order valence-electron chi connectivity index (χ4n) is 1.88. The molecule has 3 heterocycles. The molecule has 0 aliphatic carbocycles. The summed E-state index contributed by atoms with van der Waals surface area (Å²) >= 11 is 2.11. The summed E-state index contributed by atoms with van der Waals surface area (Å²) in [6.07, 6.45) is 3.53. The van der Waals surface area contributed by atoms with Crippen molar-refractivity contribution in [3.05, 3.63) is 60.9 Å². The van der Waals surface area contributed by atoms with E-state index in [-0.39, 0.29) is 0 Å². The lowest BCUT2D eigenvalue weighted by molar-refractivity contribution is 1.22. The molecule has 0 atom stereocenters. The van der Waals surface area contributed by atoms with E-state index in [1.165, 1.54) is 0 Å². The summed E-state index contributed by atoms with van der Waals surface area (Å²) in [5.41, 5.74) is 4.32. The highest BCUT2D eigenvalue weighted by Crippen LogP contribution is 2.25. The Morgan fingerprint density at radius 2 is 1.30 bits per heavy atom. The fourth-order valence-corrected chi connectivity index (χ4v) is 2.19. The van der Waals surface area contributed by atoms with Crippen molar-refractivity contribution >= 4 is 28.6 Å². The highest BCUT2D eigenvalue weighted by molar-refractivity contribution is 14.1. The molecular weight excluding hydrogens is 363 g/mol. The van der Waals surface area contributed by atoms with Gasteiger partial charge in [-0.3, -0.25) is 9.97 Å². The van der Waals surface area contributed by atoms with Crippen LogP contribution >= 0.6 is 22.9 Å². The average molecular weight is 374 g/mol. The maximum Gasteiger partial charge on any atom is 0.0915 e. The number of pyridine rings is 3. The van der Waals surface area contributed by atoms with Crippen molar-refractivity contribution in [2.24, 2.45) is 0 Å². The van der Waals surface area contributed by atoms with Crippen molar-refractivity contribution in [3.63, 3.8) is 0 Å². The standard InChI is InChI=1S/C15H11IN4/c16-20-11-9-14(12-5-1-3-7-17-12)19-15(10-11)13-6-2-4-8-18-13/h1-10H,(H,19,20). The molecule has 3 aromatic heterocycles. The van der Waals surface area contributed by atoms with Gasteiger partial charge in [-0.2, -0.15) is 0 Å². The first-order valence-electron chi connectivity index (χ1n) is 6.08. The lowest BCUT2D eigenvalue weighted by Gasteiger charge is -2.07. The van der Waals surface area contributed by atoms with Gasteiger partial charge in [-0.05, 0) is 36.4 Å². The quantitative estimate of drug-likeness (QED) is 0.557. The molecule has 0 saturated carbocycles. The molecule has 3 aromatic rings. The van der Waals surface area contributed by atoms with E-state index in [4.69, 9.17) is 0 Å². The third-order valence-electron chi connectivity index (χ3n) is 2.79. The van der Waals surface area contributed by atoms with E-state index in [0.717, 1.165) is 28.5 Å². The van der Waals surface area contributed by atoms with E-state index in [1.54, 1.807) is 12.4 Å². The number of aromatic nitrogens is 3. The number of halogens is 1. The molecule has 0 radical (unpaired) electrons. The van der Waals surface area contributed by atoms with Crippen molar-refractivity contribution in [2.75, 3.05) is 3.53 Å². The lowest BCUT2D eigenvalue weighted by Crippen LogP contribution is -1.93. The minimum atomic E-state index is 0.827. The van der Waals surface area contributed by atoms with Gasteiger partial charge in [0.2, 0.25) is 0 Å². The van der Waals surface area contributed by atoms with Gasteiger partial charge >= 0.3 is 0 Å². The van der Waals surface area contributed by atoms with Crippen LogP contribution in [0.1, 0.15) is 0 Å². The SMILES string of the molecule is INc1cc(-c2ccccn2)nc(-c2ccccn2)c1. The molecule has 0 unspecified atom stereocenters. The largest absolute Gasteiger partial charge is 0.328 e. The summed E-state index contributed by atoms with van der Waals surface area (Å²) in [6.45, 7) is 0. The fraction of sp³-hybridized carbons (Fsp3) is 0. The molecule has 1 N–H and O–H groups in total. The minimum absolute atomic E-state index is 0.827.